The molecule has 0 aliphatic rings. The highest BCUT2D eigenvalue weighted by Crippen LogP contribution is 2.20. The Kier molecular flexibility index (Phi) is 4.20. The summed E-state index contributed by atoms with van der Waals surface area (Å²) >= 11 is 0. The highest BCUT2D eigenvalue weighted by Gasteiger charge is 2.18. The molecule has 0 unspecified atom stereocenters. The van der Waals surface area contributed by atoms with E-state index in [-0.39, 0.29) is 19.0 Å². The van der Waals surface area contributed by atoms with Crippen LogP contribution >= 0.6 is 0 Å². The molecule has 1 atom stereocenters. The van der Waals surface area contributed by atoms with Crippen molar-refractivity contribution in [3.8, 4) is 5.75 Å². The van der Waals surface area contributed by atoms with Crippen LogP contribution in [0.25, 0.3) is 10.8 Å². The van der Waals surface area contributed by atoms with Gasteiger partial charge in [-0.1, -0.05) is 35.4 Å². The summed E-state index contributed by atoms with van der Waals surface area (Å²) in [5, 5.41) is 26.8. The third-order valence-electron chi connectivity index (χ3n) is 3.43. The Bertz CT molecular complexity index is 831. The lowest BCUT2D eigenvalue weighted by molar-refractivity contribution is -0.392. The van der Waals surface area contributed by atoms with Gasteiger partial charge in [-0.05, 0) is 27.8 Å². The molecule has 7 nitrogen and oxygen atoms in total. The van der Waals surface area contributed by atoms with E-state index in [4.69, 9.17) is 4.74 Å². The zero-order valence-corrected chi connectivity index (χ0v) is 12.2. The smallest absolute Gasteiger partial charge is 0.344 e. The van der Waals surface area contributed by atoms with Crippen LogP contribution in [0.15, 0.2) is 54.7 Å². The number of nitrogens with zero attached hydrogens (tertiary/aromatic N) is 3. The minimum atomic E-state index is -0.903. The van der Waals surface area contributed by atoms with Crippen molar-refractivity contribution in [2.45, 2.75) is 12.6 Å². The monoisotopic (exact) mass is 313 g/mol. The molecule has 0 fully saturated rings. The molecule has 0 spiro atoms. The molecule has 7 heteroatoms. The first-order valence-electron chi connectivity index (χ1n) is 7.09. The molecule has 3 aromatic rings. The van der Waals surface area contributed by atoms with Gasteiger partial charge in [-0.25, -0.2) is 0 Å². The highest BCUT2D eigenvalue weighted by atomic mass is 16.6. The fourth-order valence-electron chi connectivity index (χ4n) is 2.32. The van der Waals surface area contributed by atoms with Crippen LogP contribution < -0.4 is 4.74 Å². The molecule has 2 aromatic carbocycles. The first kappa shape index (κ1) is 15.0. The molecule has 3 rings (SSSR count). The number of aliphatic hydroxyl groups is 1. The number of benzene rings is 2. The fourth-order valence-corrected chi connectivity index (χ4v) is 2.32. The summed E-state index contributed by atoms with van der Waals surface area (Å²) in [6.45, 7) is 0.0201. The van der Waals surface area contributed by atoms with Gasteiger partial charge in [0, 0.05) is 0 Å². The summed E-state index contributed by atoms with van der Waals surface area (Å²) in [6.07, 6.45) is 0.426. The summed E-state index contributed by atoms with van der Waals surface area (Å²) in [5.74, 6) is 0.479. The molecule has 0 saturated heterocycles. The van der Waals surface area contributed by atoms with Gasteiger partial charge < -0.3 is 20.0 Å². The van der Waals surface area contributed by atoms with Crippen LogP contribution in [0.4, 0.5) is 5.82 Å². The first-order chi connectivity index (χ1) is 11.1. The Morgan fingerprint density at radius 3 is 2.78 bits per heavy atom. The molecular weight excluding hydrogens is 298 g/mol. The van der Waals surface area contributed by atoms with Gasteiger partial charge in [0.15, 0.2) is 0 Å². The Balaban J connectivity index is 1.62. The van der Waals surface area contributed by atoms with E-state index in [9.17, 15) is 15.2 Å². The summed E-state index contributed by atoms with van der Waals surface area (Å²) in [4.78, 5) is 10.3. The molecule has 0 radical (unpaired) electrons. The molecule has 23 heavy (non-hydrogen) atoms. The van der Waals surface area contributed by atoms with Crippen LogP contribution in [0, 0.1) is 10.1 Å². The largest absolute Gasteiger partial charge is 0.491 e. The maximum Gasteiger partial charge on any atom is 0.344 e. The van der Waals surface area contributed by atoms with E-state index in [1.165, 1.54) is 12.3 Å². The van der Waals surface area contributed by atoms with E-state index >= 15 is 0 Å². The third kappa shape index (κ3) is 3.46. The molecule has 1 aromatic heterocycles. The lowest BCUT2D eigenvalue weighted by Gasteiger charge is -2.11. The molecule has 118 valence electrons. The average molecular weight is 313 g/mol. The van der Waals surface area contributed by atoms with Crippen molar-refractivity contribution in [3.63, 3.8) is 0 Å². The van der Waals surface area contributed by atoms with Crippen molar-refractivity contribution < 1.29 is 14.8 Å². The van der Waals surface area contributed by atoms with E-state index in [1.807, 2.05) is 42.5 Å². The van der Waals surface area contributed by atoms with Crippen molar-refractivity contribution in [2.24, 2.45) is 0 Å². The number of hydrogen-bond donors (Lipinski definition) is 1. The van der Waals surface area contributed by atoms with Crippen molar-refractivity contribution in [3.05, 3.63) is 64.8 Å². The van der Waals surface area contributed by atoms with Crippen molar-refractivity contribution in [2.75, 3.05) is 6.61 Å². The van der Waals surface area contributed by atoms with E-state index in [1.54, 1.807) is 0 Å². The van der Waals surface area contributed by atoms with Crippen LogP contribution in [0.2, 0.25) is 0 Å². The lowest BCUT2D eigenvalue weighted by atomic mass is 10.1. The van der Waals surface area contributed by atoms with Gasteiger partial charge in [0.05, 0.1) is 12.3 Å². The van der Waals surface area contributed by atoms with Crippen LogP contribution in [0.3, 0.4) is 0 Å². The van der Waals surface area contributed by atoms with Crippen LogP contribution in [0.1, 0.15) is 0 Å². The van der Waals surface area contributed by atoms with E-state index in [0.717, 1.165) is 15.5 Å². The Morgan fingerprint density at radius 2 is 2.00 bits per heavy atom. The Morgan fingerprint density at radius 1 is 1.22 bits per heavy atom. The zero-order chi connectivity index (χ0) is 16.2. The molecule has 0 bridgehead atoms. The van der Waals surface area contributed by atoms with Gasteiger partial charge in [-0.2, -0.15) is 0 Å². The van der Waals surface area contributed by atoms with E-state index in [0.29, 0.717) is 5.75 Å². The lowest BCUT2D eigenvalue weighted by Crippen LogP contribution is -2.24. The van der Waals surface area contributed by atoms with Crippen LogP contribution in [-0.4, -0.2) is 32.5 Å². The maximum atomic E-state index is 10.8. The summed E-state index contributed by atoms with van der Waals surface area (Å²) in [6, 6.07) is 14.8. The normalized spacial score (nSPS) is 12.2. The topological polar surface area (TPSA) is 90.4 Å². The standard InChI is InChI=1S/C16H15N3O4/c20-14(10-18-16(19(21)22)7-8-17-18)11-23-15-6-5-12-3-1-2-4-13(12)9-15/h1-9,14,20H,10-11H2/t14-/m1/s1. The van der Waals surface area contributed by atoms with E-state index in [2.05, 4.69) is 5.10 Å². The van der Waals surface area contributed by atoms with Crippen molar-refractivity contribution in [1.29, 1.82) is 0 Å². The number of ether oxygens (including phenoxy) is 1. The molecular formula is C16H15N3O4. The van der Waals surface area contributed by atoms with Gasteiger partial charge in [-0.3, -0.25) is 0 Å². The predicted octanol–water partition coefficient (Wildman–Crippen LogP) is 2.38. The fraction of sp³-hybridized carbons (Fsp3) is 0.188. The average Bonchev–Trinajstić information content (AvgIpc) is 3.01. The summed E-state index contributed by atoms with van der Waals surface area (Å²) < 4.78 is 6.71. The molecule has 0 saturated carbocycles. The predicted molar refractivity (Wildman–Crippen MR) is 84.3 cm³/mol. The number of aliphatic hydroxyl groups excluding tert-OH is 1. The summed E-state index contributed by atoms with van der Waals surface area (Å²) in [7, 11) is 0. The number of hydrogen-bond acceptors (Lipinski definition) is 5. The summed E-state index contributed by atoms with van der Waals surface area (Å²) in [5.41, 5.74) is 0. The quantitative estimate of drug-likeness (QED) is 0.557. The highest BCUT2D eigenvalue weighted by molar-refractivity contribution is 5.83. The number of fused-ring (bicyclic) bond motifs is 1. The third-order valence-corrected chi connectivity index (χ3v) is 3.43. The van der Waals surface area contributed by atoms with Crippen molar-refractivity contribution >= 4 is 16.6 Å². The van der Waals surface area contributed by atoms with Gasteiger partial charge in [0.2, 0.25) is 0 Å². The van der Waals surface area contributed by atoms with Crippen LogP contribution in [-0.2, 0) is 6.54 Å². The van der Waals surface area contributed by atoms with Gasteiger partial charge >= 0.3 is 5.82 Å². The number of rotatable bonds is 6. The molecule has 0 aliphatic carbocycles. The minimum Gasteiger partial charge on any atom is -0.491 e. The van der Waals surface area contributed by atoms with Crippen molar-refractivity contribution in [1.82, 2.24) is 9.78 Å². The number of nitro groups is 1. The second kappa shape index (κ2) is 6.45. The maximum absolute atomic E-state index is 10.8. The Labute approximate surface area is 131 Å². The van der Waals surface area contributed by atoms with Gasteiger partial charge in [0.25, 0.3) is 0 Å². The SMILES string of the molecule is O=[N+]([O-])c1ccnn1C[C@@H](O)COc1ccc2ccccc2c1. The van der Waals surface area contributed by atoms with Crippen LogP contribution in [0.5, 0.6) is 5.75 Å². The molecule has 1 N–H and O–H groups in total. The second-order valence-electron chi connectivity index (χ2n) is 5.10. The van der Waals surface area contributed by atoms with E-state index < -0.39 is 11.0 Å². The molecule has 0 aliphatic heterocycles. The molecule has 0 amide bonds. The van der Waals surface area contributed by atoms with Gasteiger partial charge in [0.1, 0.15) is 25.0 Å². The number of aromatic nitrogens is 2. The van der Waals surface area contributed by atoms with Gasteiger partial charge in [-0.15, -0.1) is 4.68 Å². The first-order valence-corrected chi connectivity index (χ1v) is 7.09. The minimum absolute atomic E-state index is 0.00308. The second-order valence-corrected chi connectivity index (χ2v) is 5.10. The molecule has 1 heterocycles. The Hall–Kier alpha value is -2.93. The zero-order valence-electron chi connectivity index (χ0n) is 12.2.